The molecule has 1 fully saturated rings. The predicted octanol–water partition coefficient (Wildman–Crippen LogP) is 2.68. The van der Waals surface area contributed by atoms with Gasteiger partial charge < -0.3 is 15.4 Å². The van der Waals surface area contributed by atoms with E-state index in [-0.39, 0.29) is 12.0 Å². The molecular weight excluding hydrogens is 240 g/mol. The van der Waals surface area contributed by atoms with Crippen molar-refractivity contribution in [2.45, 2.75) is 39.2 Å². The Balaban J connectivity index is 2.13. The summed E-state index contributed by atoms with van der Waals surface area (Å²) in [4.78, 5) is 14.2. The third-order valence-corrected chi connectivity index (χ3v) is 3.27. The van der Waals surface area contributed by atoms with Crippen LogP contribution in [0.25, 0.3) is 0 Å². The zero-order chi connectivity index (χ0) is 13.8. The van der Waals surface area contributed by atoms with Crippen LogP contribution in [0, 0.1) is 0 Å². The summed E-state index contributed by atoms with van der Waals surface area (Å²) in [7, 11) is 0. The van der Waals surface area contributed by atoms with E-state index in [1.807, 2.05) is 24.8 Å². The second-order valence-corrected chi connectivity index (χ2v) is 5.27. The van der Waals surface area contributed by atoms with Crippen molar-refractivity contribution in [1.29, 1.82) is 0 Å². The minimum absolute atomic E-state index is 0.0355. The van der Waals surface area contributed by atoms with E-state index in [1.165, 1.54) is 6.42 Å². The van der Waals surface area contributed by atoms with Gasteiger partial charge in [-0.05, 0) is 45.2 Å². The maximum Gasteiger partial charge on any atom is 0.255 e. The van der Waals surface area contributed by atoms with E-state index in [0.717, 1.165) is 25.9 Å². The number of rotatable bonds is 3. The lowest BCUT2D eigenvalue weighted by Gasteiger charge is -2.27. The first-order valence-corrected chi connectivity index (χ1v) is 6.93. The number of anilines is 1. The van der Waals surface area contributed by atoms with E-state index in [1.54, 1.807) is 12.1 Å². The van der Waals surface area contributed by atoms with Gasteiger partial charge in [0, 0.05) is 24.8 Å². The van der Waals surface area contributed by atoms with Gasteiger partial charge in [0.1, 0.15) is 5.75 Å². The van der Waals surface area contributed by atoms with E-state index < -0.39 is 0 Å². The number of carbonyl (C=O) groups is 1. The van der Waals surface area contributed by atoms with Gasteiger partial charge in [0.25, 0.3) is 5.91 Å². The standard InChI is InChI=1S/C15H22N2O2/c1-11(2)19-12-6-7-13(14(16)10-12)15(18)17-8-4-3-5-9-17/h6-7,10-11H,3-5,8-9,16H2,1-2H3. The summed E-state index contributed by atoms with van der Waals surface area (Å²) in [6, 6.07) is 5.31. The molecule has 0 aromatic heterocycles. The van der Waals surface area contributed by atoms with Gasteiger partial charge >= 0.3 is 0 Å². The lowest BCUT2D eigenvalue weighted by atomic mass is 10.1. The van der Waals surface area contributed by atoms with Crippen molar-refractivity contribution < 1.29 is 9.53 Å². The summed E-state index contributed by atoms with van der Waals surface area (Å²) in [6.07, 6.45) is 3.48. The van der Waals surface area contributed by atoms with Crippen molar-refractivity contribution in [3.63, 3.8) is 0 Å². The van der Waals surface area contributed by atoms with Gasteiger partial charge in [0.15, 0.2) is 0 Å². The van der Waals surface area contributed by atoms with Crippen LogP contribution in [0.1, 0.15) is 43.5 Å². The van der Waals surface area contributed by atoms with Gasteiger partial charge in [-0.2, -0.15) is 0 Å². The molecule has 1 aromatic carbocycles. The number of likely N-dealkylation sites (tertiary alicyclic amines) is 1. The molecule has 1 amide bonds. The molecule has 0 atom stereocenters. The van der Waals surface area contributed by atoms with Crippen LogP contribution in [0.15, 0.2) is 18.2 Å². The number of benzene rings is 1. The first kappa shape index (κ1) is 13.7. The van der Waals surface area contributed by atoms with E-state index >= 15 is 0 Å². The third kappa shape index (κ3) is 3.40. The van der Waals surface area contributed by atoms with Crippen molar-refractivity contribution in [3.05, 3.63) is 23.8 Å². The lowest BCUT2D eigenvalue weighted by Crippen LogP contribution is -2.35. The number of carbonyl (C=O) groups excluding carboxylic acids is 1. The second kappa shape index (κ2) is 5.95. The lowest BCUT2D eigenvalue weighted by molar-refractivity contribution is 0.0725. The molecule has 0 radical (unpaired) electrons. The minimum Gasteiger partial charge on any atom is -0.491 e. The SMILES string of the molecule is CC(C)Oc1ccc(C(=O)N2CCCCC2)c(N)c1. The number of nitrogen functional groups attached to an aromatic ring is 1. The van der Waals surface area contributed by atoms with Gasteiger partial charge in [0.2, 0.25) is 0 Å². The van der Waals surface area contributed by atoms with Crippen LogP contribution in [0.5, 0.6) is 5.75 Å². The Labute approximate surface area is 114 Å². The molecule has 0 aliphatic carbocycles. The van der Waals surface area contributed by atoms with Crippen LogP contribution in [0.3, 0.4) is 0 Å². The fraction of sp³-hybridized carbons (Fsp3) is 0.533. The van der Waals surface area contributed by atoms with Crippen LogP contribution >= 0.6 is 0 Å². The smallest absolute Gasteiger partial charge is 0.255 e. The van der Waals surface area contributed by atoms with Gasteiger partial charge in [0.05, 0.1) is 11.7 Å². The number of hydrogen-bond donors (Lipinski definition) is 1. The number of amides is 1. The molecule has 0 spiro atoms. The molecule has 0 saturated carbocycles. The minimum atomic E-state index is 0.0355. The molecule has 2 rings (SSSR count). The average molecular weight is 262 g/mol. The van der Waals surface area contributed by atoms with Crippen LogP contribution in [-0.4, -0.2) is 30.0 Å². The molecular formula is C15H22N2O2. The summed E-state index contributed by atoms with van der Waals surface area (Å²) < 4.78 is 5.57. The summed E-state index contributed by atoms with van der Waals surface area (Å²) in [6.45, 7) is 5.59. The highest BCUT2D eigenvalue weighted by Gasteiger charge is 2.20. The van der Waals surface area contributed by atoms with Crippen LogP contribution in [0.4, 0.5) is 5.69 Å². The topological polar surface area (TPSA) is 55.6 Å². The number of hydrogen-bond acceptors (Lipinski definition) is 3. The Hall–Kier alpha value is -1.71. The summed E-state index contributed by atoms with van der Waals surface area (Å²) in [5, 5.41) is 0. The maximum absolute atomic E-state index is 12.4. The predicted molar refractivity (Wildman–Crippen MR) is 76.4 cm³/mol. The first-order valence-electron chi connectivity index (χ1n) is 6.93. The molecule has 1 aliphatic heterocycles. The van der Waals surface area contributed by atoms with Crippen LogP contribution < -0.4 is 10.5 Å². The summed E-state index contributed by atoms with van der Waals surface area (Å²) in [5.41, 5.74) is 7.05. The van der Waals surface area contributed by atoms with Gasteiger partial charge in [-0.25, -0.2) is 0 Å². The number of ether oxygens (including phenoxy) is 1. The van der Waals surface area contributed by atoms with E-state index in [0.29, 0.717) is 17.0 Å². The average Bonchev–Trinajstić information content (AvgIpc) is 2.38. The molecule has 0 bridgehead atoms. The molecule has 1 saturated heterocycles. The molecule has 104 valence electrons. The fourth-order valence-electron chi connectivity index (χ4n) is 2.35. The molecule has 0 unspecified atom stereocenters. The summed E-state index contributed by atoms with van der Waals surface area (Å²) >= 11 is 0. The second-order valence-electron chi connectivity index (χ2n) is 5.27. The largest absolute Gasteiger partial charge is 0.491 e. The molecule has 1 aromatic rings. The molecule has 4 heteroatoms. The zero-order valence-electron chi connectivity index (χ0n) is 11.7. The molecule has 1 heterocycles. The van der Waals surface area contributed by atoms with Crippen molar-refractivity contribution in [2.24, 2.45) is 0 Å². The maximum atomic E-state index is 12.4. The first-order chi connectivity index (χ1) is 9.08. The Morgan fingerprint density at radius 1 is 1.26 bits per heavy atom. The Morgan fingerprint density at radius 2 is 1.95 bits per heavy atom. The number of nitrogens with two attached hydrogens (primary N) is 1. The Morgan fingerprint density at radius 3 is 2.53 bits per heavy atom. The summed E-state index contributed by atoms with van der Waals surface area (Å²) in [5.74, 6) is 0.746. The number of nitrogens with zero attached hydrogens (tertiary/aromatic N) is 1. The zero-order valence-corrected chi connectivity index (χ0v) is 11.7. The molecule has 2 N–H and O–H groups in total. The Bertz CT molecular complexity index is 451. The number of piperidine rings is 1. The fourth-order valence-corrected chi connectivity index (χ4v) is 2.35. The van der Waals surface area contributed by atoms with Gasteiger partial charge in [-0.1, -0.05) is 0 Å². The van der Waals surface area contributed by atoms with E-state index in [9.17, 15) is 4.79 Å². The molecule has 19 heavy (non-hydrogen) atoms. The van der Waals surface area contributed by atoms with Crippen LogP contribution in [-0.2, 0) is 0 Å². The molecule has 4 nitrogen and oxygen atoms in total. The third-order valence-electron chi connectivity index (χ3n) is 3.27. The van der Waals surface area contributed by atoms with Crippen LogP contribution in [0.2, 0.25) is 0 Å². The van der Waals surface area contributed by atoms with Crippen molar-refractivity contribution in [3.8, 4) is 5.75 Å². The van der Waals surface area contributed by atoms with Crippen molar-refractivity contribution in [2.75, 3.05) is 18.8 Å². The highest BCUT2D eigenvalue weighted by atomic mass is 16.5. The normalized spacial score (nSPS) is 15.6. The van der Waals surface area contributed by atoms with E-state index in [4.69, 9.17) is 10.5 Å². The van der Waals surface area contributed by atoms with E-state index in [2.05, 4.69) is 0 Å². The monoisotopic (exact) mass is 262 g/mol. The molecule has 1 aliphatic rings. The highest BCUT2D eigenvalue weighted by Crippen LogP contribution is 2.23. The Kier molecular flexibility index (Phi) is 4.30. The van der Waals surface area contributed by atoms with Gasteiger partial charge in [-0.15, -0.1) is 0 Å². The highest BCUT2D eigenvalue weighted by molar-refractivity contribution is 5.99. The quantitative estimate of drug-likeness (QED) is 0.852. The van der Waals surface area contributed by atoms with Crippen molar-refractivity contribution in [1.82, 2.24) is 4.90 Å². The van der Waals surface area contributed by atoms with Crippen molar-refractivity contribution >= 4 is 11.6 Å². The van der Waals surface area contributed by atoms with Gasteiger partial charge in [-0.3, -0.25) is 4.79 Å².